The zero-order valence-electron chi connectivity index (χ0n) is 21.2. The Bertz CT molecular complexity index is 1100. The molecule has 0 bridgehead atoms. The van der Waals surface area contributed by atoms with Crippen molar-refractivity contribution >= 4 is 17.3 Å². The highest BCUT2D eigenvalue weighted by atomic mass is 16.5. The average molecular weight is 488 g/mol. The number of carbonyl (C=O) groups excluding carboxylic acids is 1. The molecule has 7 heteroatoms. The normalized spacial score (nSPS) is 20.4. The summed E-state index contributed by atoms with van der Waals surface area (Å²) in [6.07, 6.45) is 2.49. The Labute approximate surface area is 214 Å². The molecule has 2 saturated heterocycles. The predicted molar refractivity (Wildman–Crippen MR) is 143 cm³/mol. The molecule has 0 saturated carbocycles. The third-order valence-corrected chi connectivity index (χ3v) is 7.62. The maximum Gasteiger partial charge on any atom is 0.222 e. The average Bonchev–Trinajstić information content (AvgIpc) is 3.37. The van der Waals surface area contributed by atoms with Crippen molar-refractivity contribution in [1.82, 2.24) is 15.4 Å². The molecule has 0 aliphatic carbocycles. The van der Waals surface area contributed by atoms with Gasteiger partial charge >= 0.3 is 0 Å². The fourth-order valence-corrected chi connectivity index (χ4v) is 5.49. The molecule has 1 aromatic heterocycles. The first-order valence-corrected chi connectivity index (χ1v) is 13.1. The number of hydrogen-bond donors (Lipinski definition) is 1. The van der Waals surface area contributed by atoms with Crippen LogP contribution in [0.2, 0.25) is 0 Å². The van der Waals surface area contributed by atoms with Gasteiger partial charge in [-0.1, -0.05) is 41.6 Å². The van der Waals surface area contributed by atoms with Crippen LogP contribution in [0.25, 0.3) is 0 Å². The lowest BCUT2D eigenvalue weighted by molar-refractivity contribution is -0.133. The van der Waals surface area contributed by atoms with Crippen molar-refractivity contribution in [3.8, 4) is 0 Å². The molecule has 3 heterocycles. The Morgan fingerprint density at radius 3 is 2.50 bits per heavy atom. The van der Waals surface area contributed by atoms with Gasteiger partial charge in [-0.25, -0.2) is 0 Å². The molecule has 3 aromatic rings. The van der Waals surface area contributed by atoms with Gasteiger partial charge in [0.25, 0.3) is 0 Å². The predicted octanol–water partition coefficient (Wildman–Crippen LogP) is 3.82. The van der Waals surface area contributed by atoms with Gasteiger partial charge in [0.15, 0.2) is 5.76 Å². The van der Waals surface area contributed by atoms with E-state index in [4.69, 9.17) is 4.52 Å². The van der Waals surface area contributed by atoms with Crippen LogP contribution in [-0.4, -0.2) is 62.3 Å². The molecule has 2 aliphatic heterocycles. The summed E-state index contributed by atoms with van der Waals surface area (Å²) in [7, 11) is 2.06. The SMILES string of the molecule is CN(Cc1cc(C[C@H]2CNCC[C@H]2CC(=O)N2CCN(c3ccccc3)CC2)no1)c1ccccc1. The van der Waals surface area contributed by atoms with Crippen LogP contribution in [0.1, 0.15) is 24.3 Å². The number of aromatic nitrogens is 1. The van der Waals surface area contributed by atoms with E-state index in [2.05, 4.69) is 74.7 Å². The number of nitrogens with one attached hydrogen (secondary N) is 1. The molecule has 190 valence electrons. The summed E-state index contributed by atoms with van der Waals surface area (Å²) in [6, 6.07) is 22.8. The topological polar surface area (TPSA) is 64.9 Å². The van der Waals surface area contributed by atoms with E-state index in [0.29, 0.717) is 30.7 Å². The summed E-state index contributed by atoms with van der Waals surface area (Å²) in [6.45, 7) is 5.95. The van der Waals surface area contributed by atoms with Crippen molar-refractivity contribution in [3.05, 3.63) is 78.2 Å². The van der Waals surface area contributed by atoms with Gasteiger partial charge in [0.2, 0.25) is 5.91 Å². The molecule has 7 nitrogen and oxygen atoms in total. The molecule has 0 unspecified atom stereocenters. The monoisotopic (exact) mass is 487 g/mol. The maximum absolute atomic E-state index is 13.2. The summed E-state index contributed by atoms with van der Waals surface area (Å²) in [5, 5.41) is 7.89. The Hall–Kier alpha value is -3.32. The van der Waals surface area contributed by atoms with E-state index in [9.17, 15) is 4.79 Å². The fraction of sp³-hybridized carbons (Fsp3) is 0.448. The van der Waals surface area contributed by atoms with E-state index in [0.717, 1.165) is 69.3 Å². The van der Waals surface area contributed by atoms with Crippen molar-refractivity contribution in [2.24, 2.45) is 11.8 Å². The zero-order valence-corrected chi connectivity index (χ0v) is 21.2. The summed E-state index contributed by atoms with van der Waals surface area (Å²) in [5.41, 5.74) is 3.37. The number of para-hydroxylation sites is 2. The van der Waals surface area contributed by atoms with Crippen molar-refractivity contribution in [2.75, 3.05) is 56.1 Å². The van der Waals surface area contributed by atoms with E-state index in [1.54, 1.807) is 0 Å². The minimum absolute atomic E-state index is 0.296. The Morgan fingerprint density at radius 2 is 1.75 bits per heavy atom. The third-order valence-electron chi connectivity index (χ3n) is 7.62. The number of carbonyl (C=O) groups is 1. The highest BCUT2D eigenvalue weighted by Crippen LogP contribution is 2.28. The van der Waals surface area contributed by atoms with Crippen LogP contribution in [0, 0.1) is 11.8 Å². The van der Waals surface area contributed by atoms with Crippen LogP contribution in [-0.2, 0) is 17.8 Å². The van der Waals surface area contributed by atoms with Crippen molar-refractivity contribution in [1.29, 1.82) is 0 Å². The minimum Gasteiger partial charge on any atom is -0.368 e. The van der Waals surface area contributed by atoms with Gasteiger partial charge < -0.3 is 24.5 Å². The number of piperidine rings is 1. The van der Waals surface area contributed by atoms with Crippen LogP contribution in [0.3, 0.4) is 0 Å². The molecule has 2 atom stereocenters. The summed E-state index contributed by atoms with van der Waals surface area (Å²) >= 11 is 0. The lowest BCUT2D eigenvalue weighted by Crippen LogP contribution is -2.50. The molecule has 2 fully saturated rings. The van der Waals surface area contributed by atoms with Crippen LogP contribution in [0.5, 0.6) is 0 Å². The molecule has 1 amide bonds. The highest BCUT2D eigenvalue weighted by molar-refractivity contribution is 5.77. The van der Waals surface area contributed by atoms with Crippen molar-refractivity contribution in [3.63, 3.8) is 0 Å². The minimum atomic E-state index is 0.296. The van der Waals surface area contributed by atoms with Gasteiger partial charge in [-0.3, -0.25) is 4.79 Å². The molecular formula is C29H37N5O2. The zero-order chi connectivity index (χ0) is 24.7. The summed E-state index contributed by atoms with van der Waals surface area (Å²) in [5.74, 6) is 1.92. The molecule has 5 rings (SSSR count). The van der Waals surface area contributed by atoms with E-state index < -0.39 is 0 Å². The number of anilines is 2. The fourth-order valence-electron chi connectivity index (χ4n) is 5.49. The number of benzene rings is 2. The number of rotatable bonds is 8. The lowest BCUT2D eigenvalue weighted by atomic mass is 9.81. The standard InChI is InChI=1S/C29H37N5O2/c1-32(26-8-4-2-5-9-26)22-28-20-25(31-36-28)18-24-21-30-13-12-23(24)19-29(35)34-16-14-33(15-17-34)27-10-6-3-7-11-27/h2-11,20,23-24,30H,12-19,21-22H2,1H3/t23-,24-/m0/s1. The maximum atomic E-state index is 13.2. The highest BCUT2D eigenvalue weighted by Gasteiger charge is 2.30. The van der Waals surface area contributed by atoms with Gasteiger partial charge in [-0.15, -0.1) is 0 Å². The second-order valence-corrected chi connectivity index (χ2v) is 10.1. The number of nitrogens with zero attached hydrogens (tertiary/aromatic N) is 4. The Morgan fingerprint density at radius 1 is 1.03 bits per heavy atom. The molecule has 1 N–H and O–H groups in total. The smallest absolute Gasteiger partial charge is 0.222 e. The molecule has 2 aromatic carbocycles. The second kappa shape index (κ2) is 11.6. The van der Waals surface area contributed by atoms with Crippen LogP contribution in [0.4, 0.5) is 11.4 Å². The molecule has 36 heavy (non-hydrogen) atoms. The number of amides is 1. The van der Waals surface area contributed by atoms with E-state index >= 15 is 0 Å². The van der Waals surface area contributed by atoms with E-state index in [1.807, 2.05) is 24.3 Å². The number of piperazine rings is 1. The molecule has 2 aliphatic rings. The van der Waals surface area contributed by atoms with Gasteiger partial charge in [-0.05, 0) is 62.0 Å². The summed E-state index contributed by atoms with van der Waals surface area (Å²) in [4.78, 5) is 19.8. The molecule has 0 radical (unpaired) electrons. The second-order valence-electron chi connectivity index (χ2n) is 10.1. The van der Waals surface area contributed by atoms with E-state index in [-0.39, 0.29) is 0 Å². The summed E-state index contributed by atoms with van der Waals surface area (Å²) < 4.78 is 5.66. The van der Waals surface area contributed by atoms with Crippen molar-refractivity contribution in [2.45, 2.75) is 25.8 Å². The quantitative estimate of drug-likeness (QED) is 0.521. The lowest BCUT2D eigenvalue weighted by Gasteiger charge is -2.38. The number of hydrogen-bond acceptors (Lipinski definition) is 6. The van der Waals surface area contributed by atoms with E-state index in [1.165, 1.54) is 5.69 Å². The van der Waals surface area contributed by atoms with Gasteiger partial charge in [0.05, 0.1) is 12.2 Å². The van der Waals surface area contributed by atoms with Crippen LogP contribution < -0.4 is 15.1 Å². The van der Waals surface area contributed by atoms with Gasteiger partial charge in [0.1, 0.15) is 0 Å². The largest absolute Gasteiger partial charge is 0.368 e. The van der Waals surface area contributed by atoms with Crippen molar-refractivity contribution < 1.29 is 9.32 Å². The van der Waals surface area contributed by atoms with Gasteiger partial charge in [-0.2, -0.15) is 0 Å². The first kappa shape index (κ1) is 24.4. The first-order chi connectivity index (χ1) is 17.7. The Balaban J connectivity index is 1.13. The molecule has 0 spiro atoms. The van der Waals surface area contributed by atoms with Crippen LogP contribution in [0.15, 0.2) is 71.3 Å². The molecular weight excluding hydrogens is 450 g/mol. The first-order valence-electron chi connectivity index (χ1n) is 13.1. The Kier molecular flexibility index (Phi) is 7.86. The third kappa shape index (κ3) is 6.08. The van der Waals surface area contributed by atoms with Crippen LogP contribution >= 0.6 is 0 Å². The van der Waals surface area contributed by atoms with Gasteiger partial charge in [0, 0.05) is 57.1 Å².